The van der Waals surface area contributed by atoms with E-state index in [1.807, 2.05) is 3.88 Å². The largest absolute Gasteiger partial charge is 1.00 e. The quantitative estimate of drug-likeness (QED) is 0.582. The first-order valence-electron chi connectivity index (χ1n) is 7.94. The molecule has 0 saturated heterocycles. The van der Waals surface area contributed by atoms with Crippen LogP contribution in [0.3, 0.4) is 0 Å². The third kappa shape index (κ3) is 3.22. The van der Waals surface area contributed by atoms with Crippen LogP contribution < -0.4 is 24.8 Å². The second kappa shape index (κ2) is 7.43. The molecule has 0 heterocycles. The van der Waals surface area contributed by atoms with E-state index in [1.54, 1.807) is 16.7 Å². The Morgan fingerprint density at radius 2 is 1.59 bits per heavy atom. The van der Waals surface area contributed by atoms with Crippen molar-refractivity contribution in [3.05, 3.63) is 44.9 Å². The summed E-state index contributed by atoms with van der Waals surface area (Å²) in [5.41, 5.74) is 5.15. The van der Waals surface area contributed by atoms with Crippen molar-refractivity contribution in [2.24, 2.45) is 17.3 Å². The molecule has 3 heteroatoms. The minimum absolute atomic E-state index is 0. The van der Waals surface area contributed by atoms with Gasteiger partial charge in [0.2, 0.25) is 0 Å². The van der Waals surface area contributed by atoms with Gasteiger partial charge in [0.25, 0.3) is 0 Å². The second-order valence-corrected chi connectivity index (χ2v) is 9.60. The monoisotopic (exact) mass is 372 g/mol. The molecule has 0 aromatic heterocycles. The molecule has 0 radical (unpaired) electrons. The van der Waals surface area contributed by atoms with Crippen molar-refractivity contribution in [2.45, 2.75) is 51.7 Å². The zero-order chi connectivity index (χ0) is 14.5. The van der Waals surface area contributed by atoms with Crippen molar-refractivity contribution in [3.8, 4) is 0 Å². The van der Waals surface area contributed by atoms with Gasteiger partial charge < -0.3 is 24.8 Å². The molecule has 22 heavy (non-hydrogen) atoms. The predicted molar refractivity (Wildman–Crippen MR) is 83.1 cm³/mol. The molecule has 3 atom stereocenters. The number of rotatable bonds is 2. The topological polar surface area (TPSA) is 0 Å². The second-order valence-electron chi connectivity index (χ2n) is 7.21. The molecule has 3 unspecified atom stereocenters. The Kier molecular flexibility index (Phi) is 6.86. The standard InChI is InChI=1S/C10H15.C9H11.2ClH.Ti/c1-7-6-10(4,5)9(3)8(7)2;1-2-5-9-7-3-6-8(9)4-1;;;/h1-5H3;1-2,4-6,8-9H,3,7H2;2*1H;/q;;;;+2/p-2. The fourth-order valence-electron chi connectivity index (χ4n) is 4.19. The molecule has 0 aromatic rings. The Bertz CT molecular complexity index is 552. The van der Waals surface area contributed by atoms with E-state index in [1.165, 1.54) is 12.8 Å². The van der Waals surface area contributed by atoms with Crippen LogP contribution in [0.15, 0.2) is 44.9 Å². The maximum Gasteiger partial charge on any atom is -1.00 e. The normalized spacial score (nSPS) is 31.6. The molecule has 0 aliphatic heterocycles. The first-order valence-corrected chi connectivity index (χ1v) is 9.62. The van der Waals surface area contributed by atoms with Crippen LogP contribution >= 0.6 is 0 Å². The summed E-state index contributed by atoms with van der Waals surface area (Å²) in [6, 6.07) is 0. The maximum absolute atomic E-state index is 2.50. The molecule has 0 amide bonds. The number of hydrogen-bond donors (Lipinski definition) is 0. The van der Waals surface area contributed by atoms with E-state index in [-0.39, 0.29) is 44.0 Å². The SMILES string of the molecule is CC1=C(C)C(C)(C)[C]([Ti+2][CH]2CCC3C=CC=CC32)=C1C.[Cl-].[Cl-]. The first kappa shape index (κ1) is 20.3. The molecule has 0 N–H and O–H groups in total. The Hall–Kier alpha value is 0.254. The Balaban J connectivity index is 0.00000121. The van der Waals surface area contributed by atoms with Crippen molar-refractivity contribution in [1.82, 2.24) is 0 Å². The minimum atomic E-state index is -0.0176. The van der Waals surface area contributed by atoms with E-state index in [2.05, 4.69) is 58.9 Å². The zero-order valence-electron chi connectivity index (χ0n) is 14.2. The van der Waals surface area contributed by atoms with Gasteiger partial charge in [-0.05, 0) is 0 Å². The Labute approximate surface area is 157 Å². The molecular formula is C19H26Cl2Ti. The van der Waals surface area contributed by atoms with E-state index in [9.17, 15) is 0 Å². The fourth-order valence-corrected chi connectivity index (χ4v) is 7.60. The fraction of sp³-hybridized carbons (Fsp3) is 0.579. The van der Waals surface area contributed by atoms with E-state index in [4.69, 9.17) is 0 Å². The van der Waals surface area contributed by atoms with E-state index in [0.717, 1.165) is 16.1 Å². The Morgan fingerprint density at radius 3 is 2.18 bits per heavy atom. The summed E-state index contributed by atoms with van der Waals surface area (Å²) in [7, 11) is 0. The van der Waals surface area contributed by atoms with Gasteiger partial charge >= 0.3 is 133 Å². The summed E-state index contributed by atoms with van der Waals surface area (Å²) >= 11 is -0.0176. The molecule has 3 aliphatic carbocycles. The third-order valence-electron chi connectivity index (χ3n) is 5.96. The zero-order valence-corrected chi connectivity index (χ0v) is 17.3. The molecule has 0 bridgehead atoms. The van der Waals surface area contributed by atoms with Crippen molar-refractivity contribution in [1.29, 1.82) is 0 Å². The molecule has 0 nitrogen and oxygen atoms in total. The summed E-state index contributed by atoms with van der Waals surface area (Å²) in [5.74, 6) is 1.69. The average molecular weight is 373 g/mol. The molecule has 1 fully saturated rings. The molecule has 3 rings (SSSR count). The van der Waals surface area contributed by atoms with E-state index in [0.29, 0.717) is 5.41 Å². The summed E-state index contributed by atoms with van der Waals surface area (Å²) in [6.45, 7) is 11.9. The van der Waals surface area contributed by atoms with Gasteiger partial charge in [0, 0.05) is 0 Å². The van der Waals surface area contributed by atoms with E-state index >= 15 is 0 Å². The van der Waals surface area contributed by atoms with Crippen LogP contribution in [-0.4, -0.2) is 0 Å². The van der Waals surface area contributed by atoms with Crippen molar-refractivity contribution >= 4 is 0 Å². The molecule has 3 aliphatic rings. The third-order valence-corrected chi connectivity index (χ3v) is 9.61. The van der Waals surface area contributed by atoms with Crippen molar-refractivity contribution in [2.75, 3.05) is 0 Å². The average Bonchev–Trinajstić information content (AvgIpc) is 2.90. The van der Waals surface area contributed by atoms with Gasteiger partial charge in [0.05, 0.1) is 0 Å². The van der Waals surface area contributed by atoms with Gasteiger partial charge in [-0.3, -0.25) is 0 Å². The van der Waals surface area contributed by atoms with Gasteiger partial charge in [0.15, 0.2) is 0 Å². The molecular weight excluding hydrogens is 347 g/mol. The van der Waals surface area contributed by atoms with Crippen LogP contribution in [-0.2, 0) is 19.2 Å². The van der Waals surface area contributed by atoms with Gasteiger partial charge in [-0.15, -0.1) is 0 Å². The maximum atomic E-state index is 2.50. The van der Waals surface area contributed by atoms with Crippen LogP contribution in [0.25, 0.3) is 0 Å². The summed E-state index contributed by atoms with van der Waals surface area (Å²) in [5, 5.41) is 0. The van der Waals surface area contributed by atoms with Gasteiger partial charge in [-0.1, -0.05) is 0 Å². The smallest absolute Gasteiger partial charge is 1.00 e. The van der Waals surface area contributed by atoms with Gasteiger partial charge in [0.1, 0.15) is 0 Å². The van der Waals surface area contributed by atoms with Gasteiger partial charge in [-0.25, -0.2) is 0 Å². The molecule has 0 spiro atoms. The van der Waals surface area contributed by atoms with Crippen LogP contribution in [0.1, 0.15) is 47.5 Å². The van der Waals surface area contributed by atoms with Crippen LogP contribution in [0, 0.1) is 17.3 Å². The predicted octanol–water partition coefficient (Wildman–Crippen LogP) is -0.332. The number of allylic oxidation sites excluding steroid dienone is 8. The summed E-state index contributed by atoms with van der Waals surface area (Å²) in [6.07, 6.45) is 12.3. The summed E-state index contributed by atoms with van der Waals surface area (Å²) in [4.78, 5) is 0. The molecule has 120 valence electrons. The minimum Gasteiger partial charge on any atom is -1.00 e. The van der Waals surface area contributed by atoms with Crippen LogP contribution in [0.5, 0.6) is 0 Å². The number of halogens is 2. The summed E-state index contributed by atoms with van der Waals surface area (Å²) < 4.78 is 2.81. The number of fused-ring (bicyclic) bond motifs is 1. The first-order chi connectivity index (χ1) is 9.43. The van der Waals surface area contributed by atoms with Crippen LogP contribution in [0.2, 0.25) is 4.22 Å². The van der Waals surface area contributed by atoms with E-state index < -0.39 is 0 Å². The Morgan fingerprint density at radius 1 is 0.955 bits per heavy atom. The van der Waals surface area contributed by atoms with Crippen LogP contribution in [0.4, 0.5) is 0 Å². The molecule has 1 saturated carbocycles. The van der Waals surface area contributed by atoms with Gasteiger partial charge in [-0.2, -0.15) is 0 Å². The molecule has 0 aromatic carbocycles. The van der Waals surface area contributed by atoms with Crippen molar-refractivity contribution in [3.63, 3.8) is 0 Å². The number of hydrogen-bond acceptors (Lipinski definition) is 0. The van der Waals surface area contributed by atoms with Crippen molar-refractivity contribution < 1.29 is 44.0 Å².